The van der Waals surface area contributed by atoms with E-state index in [1.165, 1.54) is 57.9 Å². The highest BCUT2D eigenvalue weighted by molar-refractivity contribution is 5.89. The highest BCUT2D eigenvalue weighted by atomic mass is 16.3. The molecule has 0 aromatic heterocycles. The summed E-state index contributed by atoms with van der Waals surface area (Å²) in [5.74, 6) is 2.09. The Hall–Kier alpha value is -0.930. The van der Waals surface area contributed by atoms with Crippen LogP contribution in [0.4, 0.5) is 0 Å². The summed E-state index contributed by atoms with van der Waals surface area (Å²) in [6.45, 7) is 1.18. The lowest BCUT2D eigenvalue weighted by molar-refractivity contribution is -0.115. The number of aliphatic hydroxyl groups is 1. The molecule has 0 bridgehead atoms. The van der Waals surface area contributed by atoms with E-state index in [-0.39, 0.29) is 17.8 Å². The lowest BCUT2D eigenvalue weighted by Crippen LogP contribution is -2.17. The van der Waals surface area contributed by atoms with Gasteiger partial charge in [-0.3, -0.25) is 4.79 Å². The summed E-state index contributed by atoms with van der Waals surface area (Å²) >= 11 is 0. The second-order valence-corrected chi connectivity index (χ2v) is 9.53. The van der Waals surface area contributed by atoms with E-state index < -0.39 is 0 Å². The van der Waals surface area contributed by atoms with E-state index in [0.717, 1.165) is 12.8 Å². The summed E-state index contributed by atoms with van der Waals surface area (Å²) in [4.78, 5) is 14.5. The van der Waals surface area contributed by atoms with E-state index >= 15 is 0 Å². The van der Waals surface area contributed by atoms with Gasteiger partial charge >= 0.3 is 0 Å². The Balaban J connectivity index is 1.43. The molecule has 0 radical (unpaired) electrons. The van der Waals surface area contributed by atoms with Crippen molar-refractivity contribution in [2.45, 2.75) is 76.7 Å². The average molecular weight is 374 g/mol. The number of rotatable bonds is 10. The quantitative estimate of drug-likeness (QED) is 0.341. The van der Waals surface area contributed by atoms with Crippen molar-refractivity contribution in [3.8, 4) is 0 Å². The molecule has 3 heteroatoms. The summed E-state index contributed by atoms with van der Waals surface area (Å²) in [7, 11) is 4.27. The van der Waals surface area contributed by atoms with Gasteiger partial charge in [-0.15, -0.1) is 0 Å². The summed E-state index contributed by atoms with van der Waals surface area (Å²) in [6.07, 6.45) is 18.8. The summed E-state index contributed by atoms with van der Waals surface area (Å²) in [5.41, 5.74) is 1.59. The van der Waals surface area contributed by atoms with E-state index in [0.29, 0.717) is 24.2 Å². The largest absolute Gasteiger partial charge is 0.392 e. The first-order chi connectivity index (χ1) is 13.0. The normalized spacial score (nSPS) is 31.2. The third-order valence-electron chi connectivity index (χ3n) is 7.02. The zero-order chi connectivity index (χ0) is 19.2. The molecule has 0 saturated heterocycles. The second kappa shape index (κ2) is 10.0. The summed E-state index contributed by atoms with van der Waals surface area (Å²) < 4.78 is 0. The Kier molecular flexibility index (Phi) is 7.72. The Morgan fingerprint density at radius 3 is 2.74 bits per heavy atom. The lowest BCUT2D eigenvalue weighted by atomic mass is 9.88. The SMILES string of the molecule is CN(C)CCCCCC1=C[C@H]2C[C@@H](O)[C@H](/C=C/C(=O)CC3CCCC3)[C@H]2C1. The van der Waals surface area contributed by atoms with Crippen molar-refractivity contribution in [1.82, 2.24) is 4.90 Å². The Labute approximate surface area is 165 Å². The van der Waals surface area contributed by atoms with E-state index in [4.69, 9.17) is 0 Å². The Bertz CT molecular complexity index is 545. The third-order valence-corrected chi connectivity index (χ3v) is 7.02. The van der Waals surface area contributed by atoms with Crippen molar-refractivity contribution in [2.24, 2.45) is 23.7 Å². The molecule has 2 fully saturated rings. The molecule has 3 nitrogen and oxygen atoms in total. The molecule has 0 aromatic rings. The van der Waals surface area contributed by atoms with E-state index in [2.05, 4.69) is 31.1 Å². The highest BCUT2D eigenvalue weighted by Gasteiger charge is 2.43. The zero-order valence-electron chi connectivity index (χ0n) is 17.4. The second-order valence-electron chi connectivity index (χ2n) is 9.53. The molecule has 0 unspecified atom stereocenters. The number of carbonyl (C=O) groups excluding carboxylic acids is 1. The maximum atomic E-state index is 12.3. The minimum atomic E-state index is -0.270. The van der Waals surface area contributed by atoms with Crippen molar-refractivity contribution in [1.29, 1.82) is 0 Å². The number of unbranched alkanes of at least 4 members (excludes halogenated alkanes) is 2. The van der Waals surface area contributed by atoms with Crippen LogP contribution >= 0.6 is 0 Å². The molecule has 4 atom stereocenters. The predicted molar refractivity (Wildman–Crippen MR) is 112 cm³/mol. The van der Waals surface area contributed by atoms with Crippen molar-refractivity contribution < 1.29 is 9.90 Å². The molecule has 152 valence electrons. The van der Waals surface area contributed by atoms with Crippen LogP contribution in [-0.2, 0) is 4.79 Å². The van der Waals surface area contributed by atoms with Crippen LogP contribution in [0.15, 0.2) is 23.8 Å². The topological polar surface area (TPSA) is 40.5 Å². The van der Waals surface area contributed by atoms with Crippen LogP contribution < -0.4 is 0 Å². The molecular weight excluding hydrogens is 334 g/mol. The van der Waals surface area contributed by atoms with Crippen LogP contribution in [0.2, 0.25) is 0 Å². The fourth-order valence-electron chi connectivity index (χ4n) is 5.53. The smallest absolute Gasteiger partial charge is 0.155 e. The number of aliphatic hydroxyl groups excluding tert-OH is 1. The average Bonchev–Trinajstić information content (AvgIpc) is 3.30. The molecular formula is C24H39NO2. The predicted octanol–water partition coefficient (Wildman–Crippen LogP) is 4.76. The van der Waals surface area contributed by atoms with Crippen molar-refractivity contribution in [2.75, 3.05) is 20.6 Å². The maximum absolute atomic E-state index is 12.3. The minimum Gasteiger partial charge on any atom is -0.392 e. The molecule has 0 aliphatic heterocycles. The monoisotopic (exact) mass is 373 g/mol. The van der Waals surface area contributed by atoms with Gasteiger partial charge in [0.2, 0.25) is 0 Å². The van der Waals surface area contributed by atoms with Crippen molar-refractivity contribution in [3.63, 3.8) is 0 Å². The van der Waals surface area contributed by atoms with E-state index in [9.17, 15) is 9.90 Å². The van der Waals surface area contributed by atoms with Crippen LogP contribution in [0.25, 0.3) is 0 Å². The van der Waals surface area contributed by atoms with Gasteiger partial charge in [0.1, 0.15) is 0 Å². The first-order valence-corrected chi connectivity index (χ1v) is 11.3. The summed E-state index contributed by atoms with van der Waals surface area (Å²) in [5, 5.41) is 10.5. The van der Waals surface area contributed by atoms with E-state index in [1.54, 1.807) is 11.6 Å². The van der Waals surface area contributed by atoms with Crippen LogP contribution in [0.5, 0.6) is 0 Å². The molecule has 1 N–H and O–H groups in total. The van der Waals surface area contributed by atoms with Gasteiger partial charge in [0.25, 0.3) is 0 Å². The first-order valence-electron chi connectivity index (χ1n) is 11.3. The molecule has 0 aromatic carbocycles. The molecule has 2 saturated carbocycles. The number of allylic oxidation sites excluding steroid dienone is 3. The van der Waals surface area contributed by atoms with E-state index in [1.807, 2.05) is 0 Å². The first kappa shape index (κ1) is 20.8. The van der Waals surface area contributed by atoms with Gasteiger partial charge in [-0.25, -0.2) is 0 Å². The molecule has 3 aliphatic rings. The number of hydrogen-bond acceptors (Lipinski definition) is 3. The molecule has 3 aliphatic carbocycles. The lowest BCUT2D eigenvalue weighted by Gasteiger charge is -2.18. The molecule has 3 rings (SSSR count). The molecule has 0 heterocycles. The number of hydrogen-bond donors (Lipinski definition) is 1. The van der Waals surface area contributed by atoms with Gasteiger partial charge in [-0.1, -0.05) is 49.8 Å². The zero-order valence-corrected chi connectivity index (χ0v) is 17.4. The van der Waals surface area contributed by atoms with Crippen LogP contribution in [0, 0.1) is 23.7 Å². The highest BCUT2D eigenvalue weighted by Crippen LogP contribution is 2.48. The summed E-state index contributed by atoms with van der Waals surface area (Å²) in [6, 6.07) is 0. The Morgan fingerprint density at radius 1 is 1.22 bits per heavy atom. The maximum Gasteiger partial charge on any atom is 0.155 e. The Morgan fingerprint density at radius 2 is 2.00 bits per heavy atom. The van der Waals surface area contributed by atoms with Crippen LogP contribution in [0.3, 0.4) is 0 Å². The van der Waals surface area contributed by atoms with Gasteiger partial charge in [-0.2, -0.15) is 0 Å². The molecule has 0 spiro atoms. The fraction of sp³-hybridized carbons (Fsp3) is 0.792. The van der Waals surface area contributed by atoms with Gasteiger partial charge in [0.05, 0.1) is 6.10 Å². The number of carbonyl (C=O) groups is 1. The number of nitrogens with zero attached hydrogens (tertiary/aromatic N) is 1. The molecule has 27 heavy (non-hydrogen) atoms. The number of fused-ring (bicyclic) bond motifs is 1. The molecule has 0 amide bonds. The van der Waals surface area contributed by atoms with Gasteiger partial charge in [-0.05, 0) is 76.6 Å². The standard InChI is InChI=1S/C24H39NO2/c1-25(2)13-7-3-4-10-19-14-20-17-24(27)22(23(20)16-19)12-11-21(26)15-18-8-5-6-9-18/h11-12,14,18,20,22-24,27H,3-10,13,15-17H2,1-2H3/b12-11+/t20-,22+,23-,24+/m0/s1. The van der Waals surface area contributed by atoms with Crippen LogP contribution in [0.1, 0.15) is 70.6 Å². The minimum absolute atomic E-state index is 0.171. The van der Waals surface area contributed by atoms with Gasteiger partial charge in [0, 0.05) is 12.3 Å². The van der Waals surface area contributed by atoms with Gasteiger partial charge < -0.3 is 10.0 Å². The van der Waals surface area contributed by atoms with Crippen molar-refractivity contribution >= 4 is 5.78 Å². The fourth-order valence-corrected chi connectivity index (χ4v) is 5.53. The number of ketones is 1. The third kappa shape index (κ3) is 6.02. The van der Waals surface area contributed by atoms with Gasteiger partial charge in [0.15, 0.2) is 5.78 Å². The van der Waals surface area contributed by atoms with Crippen molar-refractivity contribution in [3.05, 3.63) is 23.8 Å². The van der Waals surface area contributed by atoms with Crippen LogP contribution in [-0.4, -0.2) is 42.5 Å².